The predicted octanol–water partition coefficient (Wildman–Crippen LogP) is 7.81. The molecule has 2 heterocycles. The van der Waals surface area contributed by atoms with Crippen LogP contribution in [-0.2, 0) is 38.8 Å². The van der Waals surface area contributed by atoms with Gasteiger partial charge in [-0.05, 0) is 33.5 Å². The lowest BCUT2D eigenvalue weighted by atomic mass is 10.0. The second-order valence-corrected chi connectivity index (χ2v) is 11.9. The molecule has 0 saturated carbocycles. The van der Waals surface area contributed by atoms with Gasteiger partial charge in [0.2, 0.25) is 5.79 Å². The molecule has 0 unspecified atom stereocenters. The van der Waals surface area contributed by atoms with Gasteiger partial charge >= 0.3 is 0 Å². The molecule has 0 radical (unpaired) electrons. The van der Waals surface area contributed by atoms with Crippen molar-refractivity contribution in [1.29, 1.82) is 0 Å². The van der Waals surface area contributed by atoms with E-state index < -0.39 is 24.1 Å². The van der Waals surface area contributed by atoms with Crippen molar-refractivity contribution in [3.8, 4) is 5.75 Å². The molecule has 218 valence electrons. The van der Waals surface area contributed by atoms with E-state index in [2.05, 4.69) is 66.7 Å². The Morgan fingerprint density at radius 2 is 1.26 bits per heavy atom. The minimum atomic E-state index is -1.04. The van der Waals surface area contributed by atoms with Crippen molar-refractivity contribution in [3.05, 3.63) is 144 Å². The van der Waals surface area contributed by atoms with Crippen molar-refractivity contribution in [3.63, 3.8) is 0 Å². The molecule has 1 saturated heterocycles. The number of rotatable bonds is 10. The third kappa shape index (κ3) is 6.21. The summed E-state index contributed by atoms with van der Waals surface area (Å²) >= 11 is 1.75. The lowest BCUT2D eigenvalue weighted by molar-refractivity contribution is -0.214. The van der Waals surface area contributed by atoms with Crippen LogP contribution in [0.1, 0.15) is 16.7 Å². The number of thioether (sulfide) groups is 1. The molecule has 4 atom stereocenters. The topological polar surface area (TPSA) is 46.2 Å². The maximum Gasteiger partial charge on any atom is 0.249 e. The number of hydrogen-bond donors (Lipinski definition) is 0. The second kappa shape index (κ2) is 12.9. The highest BCUT2D eigenvalue weighted by atomic mass is 32.2. The molecule has 6 heteroatoms. The van der Waals surface area contributed by atoms with Crippen LogP contribution in [0, 0.1) is 0 Å². The van der Waals surface area contributed by atoms with Gasteiger partial charge in [0.1, 0.15) is 18.0 Å². The molecule has 2 aliphatic rings. The summed E-state index contributed by atoms with van der Waals surface area (Å²) < 4.78 is 33.4. The monoisotopic (exact) mass is 590 g/mol. The van der Waals surface area contributed by atoms with E-state index in [1.165, 1.54) is 10.8 Å². The van der Waals surface area contributed by atoms with E-state index in [-0.39, 0.29) is 0 Å². The molecule has 43 heavy (non-hydrogen) atoms. The normalized spacial score (nSPS) is 22.8. The molecular formula is C37H34O5S. The van der Waals surface area contributed by atoms with Crippen molar-refractivity contribution in [1.82, 2.24) is 0 Å². The largest absolute Gasteiger partial charge is 0.457 e. The molecule has 0 aromatic heterocycles. The van der Waals surface area contributed by atoms with Crippen LogP contribution in [0.15, 0.2) is 132 Å². The van der Waals surface area contributed by atoms with E-state index in [0.717, 1.165) is 27.3 Å². The van der Waals surface area contributed by atoms with Crippen molar-refractivity contribution in [2.45, 2.75) is 48.8 Å². The van der Waals surface area contributed by atoms with Gasteiger partial charge in [0.25, 0.3) is 0 Å². The number of benzene rings is 5. The summed E-state index contributed by atoms with van der Waals surface area (Å²) in [6.07, 6.45) is -1.30. The quantitative estimate of drug-likeness (QED) is 0.165. The first-order valence-corrected chi connectivity index (χ1v) is 15.7. The zero-order valence-corrected chi connectivity index (χ0v) is 24.7. The summed E-state index contributed by atoms with van der Waals surface area (Å²) in [6.45, 7) is 1.68. The molecule has 1 fully saturated rings. The Hall–Kier alpha value is -3.65. The van der Waals surface area contributed by atoms with Gasteiger partial charge in [0.05, 0.1) is 37.1 Å². The van der Waals surface area contributed by atoms with Crippen LogP contribution >= 0.6 is 11.8 Å². The summed E-state index contributed by atoms with van der Waals surface area (Å²) in [5, 5.41) is 2.37. The molecule has 1 spiro atoms. The van der Waals surface area contributed by atoms with Gasteiger partial charge in [0.15, 0.2) is 6.10 Å². The minimum absolute atomic E-state index is 0.347. The second-order valence-electron chi connectivity index (χ2n) is 11.0. The molecular weight excluding hydrogens is 556 g/mol. The fourth-order valence-corrected chi connectivity index (χ4v) is 7.04. The van der Waals surface area contributed by atoms with Crippen LogP contribution in [0.2, 0.25) is 0 Å². The third-order valence-corrected chi connectivity index (χ3v) is 9.20. The lowest BCUT2D eigenvalue weighted by Crippen LogP contribution is -2.53. The minimum Gasteiger partial charge on any atom is -0.457 e. The molecule has 7 rings (SSSR count). The molecule has 0 bridgehead atoms. The number of fused-ring (bicyclic) bond motifs is 3. The van der Waals surface area contributed by atoms with Crippen molar-refractivity contribution in [2.75, 3.05) is 12.4 Å². The highest BCUT2D eigenvalue weighted by Gasteiger charge is 2.60. The average molecular weight is 591 g/mol. The predicted molar refractivity (Wildman–Crippen MR) is 169 cm³/mol. The summed E-state index contributed by atoms with van der Waals surface area (Å²) in [7, 11) is 0. The Kier molecular flexibility index (Phi) is 8.45. The van der Waals surface area contributed by atoms with E-state index in [9.17, 15) is 0 Å². The standard InChI is InChI=1S/C37H34O5S/c1-4-12-27(13-5-1)22-38-25-33-34(39-23-28-14-6-2-7-15-28)36(40-24-29-16-8-3-9-17-29)37(42-33)26-43-35-31-19-11-10-18-30(31)20-21-32(35)41-37/h1-21,33-34,36H,22-26H2/t33-,34-,36+,37-/m1/s1. The van der Waals surface area contributed by atoms with Crippen molar-refractivity contribution >= 4 is 22.5 Å². The Labute approximate surface area is 256 Å². The molecule has 0 amide bonds. The summed E-state index contributed by atoms with van der Waals surface area (Å²) in [5.74, 6) is 0.321. The maximum absolute atomic E-state index is 6.88. The van der Waals surface area contributed by atoms with Crippen LogP contribution in [0.3, 0.4) is 0 Å². The molecule has 5 aromatic rings. The van der Waals surface area contributed by atoms with Crippen LogP contribution in [0.4, 0.5) is 0 Å². The number of hydrogen-bond acceptors (Lipinski definition) is 6. The Morgan fingerprint density at radius 3 is 1.95 bits per heavy atom. The smallest absolute Gasteiger partial charge is 0.249 e. The zero-order valence-electron chi connectivity index (χ0n) is 23.8. The van der Waals surface area contributed by atoms with E-state index in [4.69, 9.17) is 23.7 Å². The maximum atomic E-state index is 6.88. The molecule has 5 aromatic carbocycles. The Bertz CT molecular complexity index is 1630. The van der Waals surface area contributed by atoms with Crippen LogP contribution in [0.5, 0.6) is 5.75 Å². The van der Waals surface area contributed by atoms with E-state index in [0.29, 0.717) is 32.2 Å². The molecule has 0 aliphatic carbocycles. The van der Waals surface area contributed by atoms with Crippen LogP contribution < -0.4 is 4.74 Å². The SMILES string of the molecule is c1ccc(COC[C@H]2O[C@]3(CSc4c(ccc5ccccc45)O3)[C@@H](OCc3ccccc3)[C@@H]2OCc2ccccc2)cc1. The first-order valence-electron chi connectivity index (χ1n) is 14.7. The van der Waals surface area contributed by atoms with Gasteiger partial charge in [-0.2, -0.15) is 0 Å². The molecule has 2 aliphatic heterocycles. The van der Waals surface area contributed by atoms with E-state index >= 15 is 0 Å². The van der Waals surface area contributed by atoms with Gasteiger partial charge in [0, 0.05) is 0 Å². The summed E-state index contributed by atoms with van der Waals surface area (Å²) in [4.78, 5) is 1.12. The van der Waals surface area contributed by atoms with Gasteiger partial charge < -0.3 is 23.7 Å². The first kappa shape index (κ1) is 28.1. The van der Waals surface area contributed by atoms with Crippen LogP contribution in [-0.4, -0.2) is 36.5 Å². The summed E-state index contributed by atoms with van der Waals surface area (Å²) in [5.41, 5.74) is 3.28. The molecule has 5 nitrogen and oxygen atoms in total. The highest BCUT2D eigenvalue weighted by Crippen LogP contribution is 2.49. The molecule has 0 N–H and O–H groups in total. The van der Waals surface area contributed by atoms with E-state index in [1.54, 1.807) is 11.8 Å². The lowest BCUT2D eigenvalue weighted by Gasteiger charge is -2.39. The van der Waals surface area contributed by atoms with Gasteiger partial charge in [-0.15, -0.1) is 11.8 Å². The van der Waals surface area contributed by atoms with Gasteiger partial charge in [-0.25, -0.2) is 0 Å². The first-order chi connectivity index (χ1) is 21.3. The third-order valence-electron chi connectivity index (χ3n) is 7.94. The Balaban J connectivity index is 1.20. The van der Waals surface area contributed by atoms with Gasteiger partial charge in [-0.3, -0.25) is 0 Å². The van der Waals surface area contributed by atoms with E-state index in [1.807, 2.05) is 60.7 Å². The average Bonchev–Trinajstić information content (AvgIpc) is 3.34. The fourth-order valence-electron chi connectivity index (χ4n) is 5.81. The van der Waals surface area contributed by atoms with Crippen LogP contribution in [0.25, 0.3) is 10.8 Å². The number of ether oxygens (including phenoxy) is 5. The van der Waals surface area contributed by atoms with Crippen molar-refractivity contribution < 1.29 is 23.7 Å². The fraction of sp³-hybridized carbons (Fsp3) is 0.243. The zero-order chi connectivity index (χ0) is 28.9. The highest BCUT2D eigenvalue weighted by molar-refractivity contribution is 7.99. The van der Waals surface area contributed by atoms with Gasteiger partial charge in [-0.1, -0.05) is 121 Å². The van der Waals surface area contributed by atoms with Crippen molar-refractivity contribution in [2.24, 2.45) is 0 Å². The Morgan fingerprint density at radius 1 is 0.651 bits per heavy atom. The summed E-state index contributed by atoms with van der Waals surface area (Å²) in [6, 6.07) is 43.1.